The first-order valence-corrected chi connectivity index (χ1v) is 6.26. The molecule has 0 amide bonds. The fraction of sp³-hybridized carbons (Fsp3) is 1.00. The maximum absolute atomic E-state index is 3.53. The third-order valence-corrected chi connectivity index (χ3v) is 3.70. The van der Waals surface area contributed by atoms with Crippen LogP contribution in [0.3, 0.4) is 0 Å². The van der Waals surface area contributed by atoms with Crippen LogP contribution in [0.1, 0.15) is 53.4 Å². The molecule has 1 saturated carbocycles. The number of hydrogen-bond acceptors (Lipinski definition) is 1. The van der Waals surface area contributed by atoms with Gasteiger partial charge in [-0.25, -0.2) is 0 Å². The summed E-state index contributed by atoms with van der Waals surface area (Å²) in [4.78, 5) is 0. The molecular weight excluding hydrogens is 170 g/mol. The fourth-order valence-corrected chi connectivity index (χ4v) is 2.84. The molecule has 1 nitrogen and oxygen atoms in total. The zero-order valence-electron chi connectivity index (χ0n) is 10.4. The van der Waals surface area contributed by atoms with Crippen molar-refractivity contribution in [1.82, 2.24) is 5.32 Å². The molecule has 0 aromatic heterocycles. The third kappa shape index (κ3) is 3.27. The van der Waals surface area contributed by atoms with Crippen molar-refractivity contribution in [3.63, 3.8) is 0 Å². The molecular formula is C13H27N. The van der Waals surface area contributed by atoms with Crippen molar-refractivity contribution < 1.29 is 0 Å². The quantitative estimate of drug-likeness (QED) is 0.728. The molecule has 1 atom stereocenters. The summed E-state index contributed by atoms with van der Waals surface area (Å²) in [6.07, 6.45) is 5.85. The Morgan fingerprint density at radius 3 is 2.21 bits per heavy atom. The van der Waals surface area contributed by atoms with E-state index in [1.807, 2.05) is 0 Å². The summed E-state index contributed by atoms with van der Waals surface area (Å²) < 4.78 is 0. The number of hydrogen-bond donors (Lipinski definition) is 1. The van der Waals surface area contributed by atoms with Crippen LogP contribution in [0.5, 0.6) is 0 Å². The van der Waals surface area contributed by atoms with Crippen molar-refractivity contribution in [2.75, 3.05) is 13.1 Å². The Labute approximate surface area is 89.7 Å². The monoisotopic (exact) mass is 197 g/mol. The van der Waals surface area contributed by atoms with Crippen LogP contribution in [0.25, 0.3) is 0 Å². The summed E-state index contributed by atoms with van der Waals surface area (Å²) in [6.45, 7) is 11.7. The molecule has 0 aromatic carbocycles. The zero-order valence-corrected chi connectivity index (χ0v) is 10.4. The molecule has 1 fully saturated rings. The van der Waals surface area contributed by atoms with E-state index in [1.165, 1.54) is 32.2 Å². The third-order valence-electron chi connectivity index (χ3n) is 3.70. The van der Waals surface area contributed by atoms with Gasteiger partial charge < -0.3 is 5.32 Å². The van der Waals surface area contributed by atoms with Gasteiger partial charge in [-0.1, -0.05) is 53.4 Å². The van der Waals surface area contributed by atoms with E-state index in [0.29, 0.717) is 5.41 Å². The molecule has 0 heterocycles. The van der Waals surface area contributed by atoms with E-state index in [1.54, 1.807) is 0 Å². The van der Waals surface area contributed by atoms with Gasteiger partial charge in [-0.05, 0) is 30.3 Å². The molecule has 0 saturated heterocycles. The second-order valence-electron chi connectivity index (χ2n) is 5.82. The number of rotatable bonds is 4. The summed E-state index contributed by atoms with van der Waals surface area (Å²) >= 11 is 0. The SMILES string of the molecule is CCNCC(C1CCCC1)C(C)(C)C. The molecule has 1 N–H and O–H groups in total. The van der Waals surface area contributed by atoms with Gasteiger partial charge in [0, 0.05) is 0 Å². The van der Waals surface area contributed by atoms with E-state index >= 15 is 0 Å². The molecule has 1 aliphatic carbocycles. The molecule has 1 unspecified atom stereocenters. The Morgan fingerprint density at radius 2 is 1.79 bits per heavy atom. The van der Waals surface area contributed by atoms with Crippen LogP contribution in [0.15, 0.2) is 0 Å². The average Bonchev–Trinajstić information content (AvgIpc) is 2.55. The summed E-state index contributed by atoms with van der Waals surface area (Å²) in [6, 6.07) is 0. The topological polar surface area (TPSA) is 12.0 Å². The average molecular weight is 197 g/mol. The molecule has 0 bridgehead atoms. The Bertz CT molecular complexity index is 151. The second-order valence-corrected chi connectivity index (χ2v) is 5.82. The van der Waals surface area contributed by atoms with Crippen LogP contribution in [0.2, 0.25) is 0 Å². The van der Waals surface area contributed by atoms with Crippen LogP contribution in [0.4, 0.5) is 0 Å². The Balaban J connectivity index is 2.51. The molecule has 84 valence electrons. The van der Waals surface area contributed by atoms with Crippen molar-refractivity contribution in [2.24, 2.45) is 17.3 Å². The van der Waals surface area contributed by atoms with E-state index in [9.17, 15) is 0 Å². The second kappa shape index (κ2) is 5.16. The van der Waals surface area contributed by atoms with Crippen LogP contribution in [0, 0.1) is 17.3 Å². The van der Waals surface area contributed by atoms with Gasteiger partial charge >= 0.3 is 0 Å². The van der Waals surface area contributed by atoms with Gasteiger partial charge in [0.1, 0.15) is 0 Å². The van der Waals surface area contributed by atoms with Crippen molar-refractivity contribution in [3.05, 3.63) is 0 Å². The van der Waals surface area contributed by atoms with E-state index in [2.05, 4.69) is 33.0 Å². The van der Waals surface area contributed by atoms with Crippen LogP contribution >= 0.6 is 0 Å². The molecule has 0 radical (unpaired) electrons. The Hall–Kier alpha value is -0.0400. The van der Waals surface area contributed by atoms with E-state index in [0.717, 1.165) is 18.4 Å². The van der Waals surface area contributed by atoms with Gasteiger partial charge in [-0.15, -0.1) is 0 Å². The lowest BCUT2D eigenvalue weighted by Crippen LogP contribution is -2.36. The predicted octanol–water partition coefficient (Wildman–Crippen LogP) is 3.45. The van der Waals surface area contributed by atoms with Gasteiger partial charge in [-0.2, -0.15) is 0 Å². The molecule has 14 heavy (non-hydrogen) atoms. The van der Waals surface area contributed by atoms with Gasteiger partial charge in [-0.3, -0.25) is 0 Å². The van der Waals surface area contributed by atoms with Gasteiger partial charge in [0.25, 0.3) is 0 Å². The highest BCUT2D eigenvalue weighted by atomic mass is 14.9. The van der Waals surface area contributed by atoms with E-state index in [-0.39, 0.29) is 0 Å². The van der Waals surface area contributed by atoms with Crippen LogP contribution in [-0.4, -0.2) is 13.1 Å². The molecule has 1 heteroatoms. The predicted molar refractivity (Wildman–Crippen MR) is 63.4 cm³/mol. The highest BCUT2D eigenvalue weighted by Gasteiger charge is 2.33. The van der Waals surface area contributed by atoms with Crippen molar-refractivity contribution in [1.29, 1.82) is 0 Å². The minimum Gasteiger partial charge on any atom is -0.317 e. The van der Waals surface area contributed by atoms with Crippen molar-refractivity contribution in [2.45, 2.75) is 53.4 Å². The number of nitrogens with one attached hydrogen (secondary N) is 1. The maximum Gasteiger partial charge on any atom is -0.00130 e. The molecule has 1 aliphatic rings. The molecule has 0 aromatic rings. The first-order valence-electron chi connectivity index (χ1n) is 6.26. The van der Waals surface area contributed by atoms with Gasteiger partial charge in [0.05, 0.1) is 0 Å². The lowest BCUT2D eigenvalue weighted by Gasteiger charge is -2.35. The Morgan fingerprint density at radius 1 is 1.21 bits per heavy atom. The summed E-state index contributed by atoms with van der Waals surface area (Å²) in [7, 11) is 0. The highest BCUT2D eigenvalue weighted by molar-refractivity contribution is 4.84. The van der Waals surface area contributed by atoms with Gasteiger partial charge in [0.2, 0.25) is 0 Å². The first kappa shape index (κ1) is 12.0. The summed E-state index contributed by atoms with van der Waals surface area (Å²) in [5.74, 6) is 1.85. The van der Waals surface area contributed by atoms with Crippen LogP contribution < -0.4 is 5.32 Å². The zero-order chi connectivity index (χ0) is 10.6. The first-order chi connectivity index (χ1) is 6.55. The smallest absolute Gasteiger partial charge is 0.00130 e. The van der Waals surface area contributed by atoms with Crippen molar-refractivity contribution in [3.8, 4) is 0 Å². The van der Waals surface area contributed by atoms with Gasteiger partial charge in [0.15, 0.2) is 0 Å². The standard InChI is InChI=1S/C13H27N/c1-5-14-10-12(13(2,3)4)11-8-6-7-9-11/h11-12,14H,5-10H2,1-4H3. The van der Waals surface area contributed by atoms with E-state index in [4.69, 9.17) is 0 Å². The fourth-order valence-electron chi connectivity index (χ4n) is 2.84. The van der Waals surface area contributed by atoms with Crippen molar-refractivity contribution >= 4 is 0 Å². The lowest BCUT2D eigenvalue weighted by molar-refractivity contribution is 0.156. The maximum atomic E-state index is 3.53. The minimum absolute atomic E-state index is 0.469. The molecule has 1 rings (SSSR count). The largest absolute Gasteiger partial charge is 0.317 e. The molecule has 0 spiro atoms. The van der Waals surface area contributed by atoms with Crippen LogP contribution in [-0.2, 0) is 0 Å². The summed E-state index contributed by atoms with van der Waals surface area (Å²) in [5.41, 5.74) is 0.469. The normalized spacial score (nSPS) is 21.4. The molecule has 0 aliphatic heterocycles. The van der Waals surface area contributed by atoms with E-state index < -0.39 is 0 Å². The minimum atomic E-state index is 0.469. The highest BCUT2D eigenvalue weighted by Crippen LogP contribution is 2.40. The lowest BCUT2D eigenvalue weighted by atomic mass is 9.72. The summed E-state index contributed by atoms with van der Waals surface area (Å²) in [5, 5.41) is 3.53. The Kier molecular flexibility index (Phi) is 4.43.